The van der Waals surface area contributed by atoms with E-state index < -0.39 is 0 Å². The number of carbonyl (C=O) groups is 2. The molecule has 1 aliphatic rings. The van der Waals surface area contributed by atoms with Crippen LogP contribution in [0.4, 0.5) is 15.6 Å². The lowest BCUT2D eigenvalue weighted by Gasteiger charge is -2.14. The molecule has 0 unspecified atom stereocenters. The van der Waals surface area contributed by atoms with E-state index in [0.29, 0.717) is 28.8 Å². The first-order valence-electron chi connectivity index (χ1n) is 8.71. The number of benzene rings is 2. The molecule has 3 aromatic rings. The van der Waals surface area contributed by atoms with Crippen molar-refractivity contribution in [1.29, 1.82) is 0 Å². The van der Waals surface area contributed by atoms with E-state index in [4.69, 9.17) is 11.6 Å². The Morgan fingerprint density at radius 1 is 1.18 bits per heavy atom. The lowest BCUT2D eigenvalue weighted by molar-refractivity contribution is 0.102. The molecule has 1 saturated heterocycles. The highest BCUT2D eigenvalue weighted by molar-refractivity contribution is 7.16. The number of nitrogens with zero attached hydrogens (tertiary/aromatic N) is 2. The quantitative estimate of drug-likeness (QED) is 0.660. The second-order valence-corrected chi connectivity index (χ2v) is 7.95. The van der Waals surface area contributed by atoms with Gasteiger partial charge in [-0.05, 0) is 43.3 Å². The van der Waals surface area contributed by atoms with Gasteiger partial charge < -0.3 is 5.32 Å². The smallest absolute Gasteiger partial charge is 0.321 e. The highest BCUT2D eigenvalue weighted by Gasteiger charge is 2.21. The van der Waals surface area contributed by atoms with Crippen molar-refractivity contribution < 1.29 is 9.59 Å². The molecule has 0 aliphatic carbocycles. The average Bonchev–Trinajstić information content (AvgIpc) is 3.28. The number of rotatable bonds is 4. The van der Waals surface area contributed by atoms with Crippen LogP contribution in [0, 0.1) is 6.92 Å². The number of urea groups is 1. The van der Waals surface area contributed by atoms with Crippen LogP contribution in [0.1, 0.15) is 15.2 Å². The zero-order chi connectivity index (χ0) is 19.7. The van der Waals surface area contributed by atoms with Crippen LogP contribution >= 0.6 is 22.9 Å². The first-order chi connectivity index (χ1) is 13.5. The number of carbonyl (C=O) groups excluding carboxylic acids is 2. The van der Waals surface area contributed by atoms with Gasteiger partial charge in [-0.15, -0.1) is 11.3 Å². The maximum atomic E-state index is 12.6. The first kappa shape index (κ1) is 18.5. The number of thiazole rings is 1. The third-order valence-corrected chi connectivity index (χ3v) is 5.57. The summed E-state index contributed by atoms with van der Waals surface area (Å²) in [5, 5.41) is 6.81. The highest BCUT2D eigenvalue weighted by Crippen LogP contribution is 2.31. The summed E-state index contributed by atoms with van der Waals surface area (Å²) in [5.74, 6) is -0.242. The topological polar surface area (TPSA) is 74.3 Å². The predicted octanol–water partition coefficient (Wildman–Crippen LogP) is 4.55. The minimum Gasteiger partial charge on any atom is -0.336 e. The average molecular weight is 413 g/mol. The van der Waals surface area contributed by atoms with Gasteiger partial charge in [-0.25, -0.2) is 9.78 Å². The van der Waals surface area contributed by atoms with E-state index in [1.165, 1.54) is 11.3 Å². The van der Waals surface area contributed by atoms with Gasteiger partial charge in [0.05, 0.1) is 5.69 Å². The maximum absolute atomic E-state index is 12.6. The third-order valence-electron chi connectivity index (χ3n) is 4.43. The molecule has 4 rings (SSSR count). The number of halogens is 1. The van der Waals surface area contributed by atoms with Crippen molar-refractivity contribution in [2.45, 2.75) is 6.92 Å². The number of amides is 3. The van der Waals surface area contributed by atoms with Crippen molar-refractivity contribution in [3.8, 4) is 11.3 Å². The van der Waals surface area contributed by atoms with Crippen molar-refractivity contribution in [3.63, 3.8) is 0 Å². The number of anilines is 2. The molecule has 1 fully saturated rings. The molecule has 3 amide bonds. The zero-order valence-electron chi connectivity index (χ0n) is 15.0. The summed E-state index contributed by atoms with van der Waals surface area (Å²) < 4.78 is 0. The SMILES string of the molecule is Cc1sc(NC(=O)c2ccc(N3CCNC3=O)cc2)nc1-c1ccc(Cl)cc1. The van der Waals surface area contributed by atoms with Crippen molar-refractivity contribution >= 4 is 45.7 Å². The third kappa shape index (κ3) is 3.72. The molecule has 8 heteroatoms. The van der Waals surface area contributed by atoms with E-state index in [1.807, 2.05) is 31.2 Å². The summed E-state index contributed by atoms with van der Waals surface area (Å²) in [6.45, 7) is 3.21. The van der Waals surface area contributed by atoms with Crippen LogP contribution in [0.25, 0.3) is 11.3 Å². The standard InChI is InChI=1S/C20H17ClN4O2S/c1-12-17(13-2-6-15(21)7-3-13)23-19(28-12)24-18(26)14-4-8-16(9-5-14)25-11-10-22-20(25)27/h2-9H,10-11H2,1H3,(H,22,27)(H,23,24,26). The van der Waals surface area contributed by atoms with Crippen LogP contribution in [0.3, 0.4) is 0 Å². The Labute approximate surface area is 171 Å². The summed E-state index contributed by atoms with van der Waals surface area (Å²) in [5.41, 5.74) is 3.05. The van der Waals surface area contributed by atoms with Gasteiger partial charge in [-0.1, -0.05) is 23.7 Å². The summed E-state index contributed by atoms with van der Waals surface area (Å²) >= 11 is 7.36. The number of aromatic nitrogens is 1. The van der Waals surface area contributed by atoms with E-state index in [9.17, 15) is 9.59 Å². The monoisotopic (exact) mass is 412 g/mol. The van der Waals surface area contributed by atoms with Gasteiger partial charge in [0.25, 0.3) is 5.91 Å². The van der Waals surface area contributed by atoms with Gasteiger partial charge in [0.2, 0.25) is 0 Å². The molecule has 0 atom stereocenters. The molecule has 0 saturated carbocycles. The van der Waals surface area contributed by atoms with E-state index in [0.717, 1.165) is 21.8 Å². The highest BCUT2D eigenvalue weighted by atomic mass is 35.5. The molecule has 2 N–H and O–H groups in total. The van der Waals surface area contributed by atoms with Crippen LogP contribution in [-0.2, 0) is 0 Å². The van der Waals surface area contributed by atoms with Crippen molar-refractivity contribution in [3.05, 3.63) is 64.0 Å². The minimum absolute atomic E-state index is 0.120. The normalized spacial score (nSPS) is 13.5. The van der Waals surface area contributed by atoms with Gasteiger partial charge in [-0.3, -0.25) is 15.0 Å². The van der Waals surface area contributed by atoms with Gasteiger partial charge in [-0.2, -0.15) is 0 Å². The number of nitrogens with one attached hydrogen (secondary N) is 2. The van der Waals surface area contributed by atoms with Gasteiger partial charge in [0.1, 0.15) is 0 Å². The number of aryl methyl sites for hydroxylation is 1. The molecule has 1 aliphatic heterocycles. The van der Waals surface area contributed by atoms with Crippen LogP contribution in [-0.4, -0.2) is 30.0 Å². The Hall–Kier alpha value is -2.90. The van der Waals surface area contributed by atoms with Crippen molar-refractivity contribution in [2.75, 3.05) is 23.3 Å². The minimum atomic E-state index is -0.242. The van der Waals surface area contributed by atoms with Crippen molar-refractivity contribution in [1.82, 2.24) is 10.3 Å². The zero-order valence-corrected chi connectivity index (χ0v) is 16.6. The summed E-state index contributed by atoms with van der Waals surface area (Å²) in [4.78, 5) is 31.5. The summed E-state index contributed by atoms with van der Waals surface area (Å²) in [7, 11) is 0. The van der Waals surface area contributed by atoms with Crippen LogP contribution in [0.2, 0.25) is 5.02 Å². The molecule has 6 nitrogen and oxygen atoms in total. The predicted molar refractivity (Wildman–Crippen MR) is 112 cm³/mol. The molecule has 28 heavy (non-hydrogen) atoms. The number of hydrogen-bond donors (Lipinski definition) is 2. The molecule has 142 valence electrons. The largest absolute Gasteiger partial charge is 0.336 e. The lowest BCUT2D eigenvalue weighted by atomic mass is 10.1. The maximum Gasteiger partial charge on any atom is 0.321 e. The Kier molecular flexibility index (Phi) is 5.02. The molecule has 0 bridgehead atoms. The second-order valence-electron chi connectivity index (χ2n) is 6.32. The fraction of sp³-hybridized carbons (Fsp3) is 0.150. The molecule has 2 aromatic carbocycles. The van der Waals surface area contributed by atoms with Crippen LogP contribution in [0.15, 0.2) is 48.5 Å². The first-order valence-corrected chi connectivity index (χ1v) is 9.91. The molecular weight excluding hydrogens is 396 g/mol. The van der Waals surface area contributed by atoms with Crippen molar-refractivity contribution in [2.24, 2.45) is 0 Å². The lowest BCUT2D eigenvalue weighted by Crippen LogP contribution is -2.27. The van der Waals surface area contributed by atoms with E-state index in [2.05, 4.69) is 15.6 Å². The van der Waals surface area contributed by atoms with E-state index in [1.54, 1.807) is 29.2 Å². The van der Waals surface area contributed by atoms with E-state index in [-0.39, 0.29) is 11.9 Å². The molecular formula is C20H17ClN4O2S. The Bertz CT molecular complexity index is 1030. The Morgan fingerprint density at radius 3 is 2.54 bits per heavy atom. The Morgan fingerprint density at radius 2 is 1.89 bits per heavy atom. The molecule has 1 aromatic heterocycles. The van der Waals surface area contributed by atoms with Gasteiger partial charge in [0.15, 0.2) is 5.13 Å². The van der Waals surface area contributed by atoms with Crippen LogP contribution < -0.4 is 15.5 Å². The number of hydrogen-bond acceptors (Lipinski definition) is 4. The summed E-state index contributed by atoms with van der Waals surface area (Å²) in [6.07, 6.45) is 0. The van der Waals surface area contributed by atoms with Gasteiger partial charge >= 0.3 is 6.03 Å². The fourth-order valence-corrected chi connectivity index (χ4v) is 3.96. The molecule has 0 spiro atoms. The molecule has 2 heterocycles. The second kappa shape index (κ2) is 7.61. The van der Waals surface area contributed by atoms with Gasteiger partial charge in [0, 0.05) is 39.8 Å². The van der Waals surface area contributed by atoms with E-state index >= 15 is 0 Å². The molecule has 0 radical (unpaired) electrons. The Balaban J connectivity index is 1.48. The fourth-order valence-electron chi connectivity index (χ4n) is 3.01. The summed E-state index contributed by atoms with van der Waals surface area (Å²) in [6, 6.07) is 14.3. The van der Waals surface area contributed by atoms with Crippen LogP contribution in [0.5, 0.6) is 0 Å².